The normalized spacial score (nSPS) is 18.2. The lowest BCUT2D eigenvalue weighted by Gasteiger charge is -2.39. The van der Waals surface area contributed by atoms with E-state index >= 15 is 0 Å². The number of halogens is 1. The first kappa shape index (κ1) is 20.6. The number of methoxy groups -OCH3 is 2. The fraction of sp³-hybridized carbons (Fsp3) is 0.154. The Hall–Kier alpha value is -3.97. The number of hydrogen-bond acceptors (Lipinski definition) is 6. The Bertz CT molecular complexity index is 1420. The van der Waals surface area contributed by atoms with E-state index in [0.29, 0.717) is 28.2 Å². The Balaban J connectivity index is 1.66. The molecule has 6 rings (SSSR count). The molecule has 0 spiro atoms. The molecule has 0 aliphatic carbocycles. The quantitative estimate of drug-likeness (QED) is 0.422. The number of anilines is 1. The van der Waals surface area contributed by atoms with E-state index in [9.17, 15) is 0 Å². The molecule has 0 saturated heterocycles. The highest BCUT2D eigenvalue weighted by Crippen LogP contribution is 2.53. The summed E-state index contributed by atoms with van der Waals surface area (Å²) >= 11 is 6.41. The number of hydrogen-bond donors (Lipinski definition) is 1. The van der Waals surface area contributed by atoms with Gasteiger partial charge in [-0.05, 0) is 29.8 Å². The van der Waals surface area contributed by atoms with Crippen LogP contribution in [-0.2, 0) is 0 Å². The van der Waals surface area contributed by atoms with E-state index < -0.39 is 6.10 Å². The van der Waals surface area contributed by atoms with E-state index in [4.69, 9.17) is 25.8 Å². The Kier molecular flexibility index (Phi) is 4.92. The lowest BCUT2D eigenvalue weighted by Crippen LogP contribution is -2.32. The van der Waals surface area contributed by atoms with Gasteiger partial charge in [-0.25, -0.2) is 4.68 Å². The molecule has 0 bridgehead atoms. The van der Waals surface area contributed by atoms with Crippen molar-refractivity contribution in [2.75, 3.05) is 19.5 Å². The molecule has 0 amide bonds. The summed E-state index contributed by atoms with van der Waals surface area (Å²) in [6.45, 7) is 0. The van der Waals surface area contributed by atoms with E-state index in [1.165, 1.54) is 0 Å². The highest BCUT2D eigenvalue weighted by Gasteiger charge is 2.42. The van der Waals surface area contributed by atoms with Gasteiger partial charge in [0.1, 0.15) is 18.1 Å². The van der Waals surface area contributed by atoms with Crippen LogP contribution >= 0.6 is 11.6 Å². The molecule has 0 unspecified atom stereocenters. The fourth-order valence-electron chi connectivity index (χ4n) is 4.77. The smallest absolute Gasteiger partial charge is 0.226 e. The second kappa shape index (κ2) is 8.11. The third-order valence-electron chi connectivity index (χ3n) is 6.21. The van der Waals surface area contributed by atoms with Crippen LogP contribution in [0.3, 0.4) is 0 Å². The summed E-state index contributed by atoms with van der Waals surface area (Å²) in [7, 11) is 3.26. The van der Waals surface area contributed by atoms with Gasteiger partial charge >= 0.3 is 0 Å². The summed E-state index contributed by atoms with van der Waals surface area (Å²) in [4.78, 5) is 4.47. The molecule has 4 aromatic rings. The lowest BCUT2D eigenvalue weighted by atomic mass is 9.84. The third kappa shape index (κ3) is 3.12. The standard InChI is InChI=1S/C26H21ClN4O3/c1-32-20-10-6-9-17(24(20)33-2)25-21-22(18-13-16(27)11-12-19(18)34-25)30-26-28-14-29-31(26)23(21)15-7-4-3-5-8-15/h3-14,23,25H,1-2H3,(H,28,29,30)/t23-,25+/m0/s1. The molecular formula is C26H21ClN4O3. The molecule has 34 heavy (non-hydrogen) atoms. The Morgan fingerprint density at radius 3 is 2.65 bits per heavy atom. The SMILES string of the molecule is COc1cccc([C@H]2Oc3ccc(Cl)cc3C3=C2[C@H](c2ccccc2)n2ncnc2N3)c1OC. The van der Waals surface area contributed by atoms with Crippen molar-refractivity contribution in [1.29, 1.82) is 0 Å². The first-order chi connectivity index (χ1) is 16.7. The van der Waals surface area contributed by atoms with Crippen molar-refractivity contribution in [3.63, 3.8) is 0 Å². The highest BCUT2D eigenvalue weighted by molar-refractivity contribution is 6.30. The van der Waals surface area contributed by atoms with E-state index in [0.717, 1.165) is 28.0 Å². The minimum Gasteiger partial charge on any atom is -0.493 e. The van der Waals surface area contributed by atoms with Crippen molar-refractivity contribution in [1.82, 2.24) is 14.8 Å². The van der Waals surface area contributed by atoms with E-state index in [1.54, 1.807) is 20.5 Å². The van der Waals surface area contributed by atoms with Gasteiger partial charge in [0.15, 0.2) is 17.6 Å². The second-order valence-electron chi connectivity index (χ2n) is 8.02. The maximum Gasteiger partial charge on any atom is 0.226 e. The van der Waals surface area contributed by atoms with E-state index in [2.05, 4.69) is 27.5 Å². The van der Waals surface area contributed by atoms with Gasteiger partial charge in [0, 0.05) is 21.7 Å². The van der Waals surface area contributed by atoms with Crippen LogP contribution in [0.4, 0.5) is 5.95 Å². The average Bonchev–Trinajstić information content (AvgIpc) is 3.35. The molecule has 1 N–H and O–H groups in total. The summed E-state index contributed by atoms with van der Waals surface area (Å²) in [5, 5.41) is 8.66. The van der Waals surface area contributed by atoms with Gasteiger partial charge in [-0.1, -0.05) is 54.1 Å². The topological polar surface area (TPSA) is 70.4 Å². The number of rotatable bonds is 4. The van der Waals surface area contributed by atoms with Gasteiger partial charge in [0.2, 0.25) is 5.95 Å². The molecule has 0 radical (unpaired) electrons. The maximum atomic E-state index is 6.67. The van der Waals surface area contributed by atoms with Gasteiger partial charge in [-0.15, -0.1) is 0 Å². The van der Waals surface area contributed by atoms with Crippen LogP contribution < -0.4 is 19.5 Å². The zero-order valence-corrected chi connectivity index (χ0v) is 19.3. The van der Waals surface area contributed by atoms with Gasteiger partial charge < -0.3 is 19.5 Å². The second-order valence-corrected chi connectivity index (χ2v) is 8.45. The summed E-state index contributed by atoms with van der Waals surface area (Å²) < 4.78 is 19.9. The minimum absolute atomic E-state index is 0.261. The monoisotopic (exact) mass is 472 g/mol. The summed E-state index contributed by atoms with van der Waals surface area (Å²) in [5.41, 5.74) is 4.65. The fourth-order valence-corrected chi connectivity index (χ4v) is 4.95. The van der Waals surface area contributed by atoms with Crippen LogP contribution in [-0.4, -0.2) is 29.0 Å². The Morgan fingerprint density at radius 1 is 1.00 bits per heavy atom. The van der Waals surface area contributed by atoms with Crippen LogP contribution in [0.25, 0.3) is 5.70 Å². The zero-order valence-electron chi connectivity index (χ0n) is 18.5. The molecule has 7 nitrogen and oxygen atoms in total. The summed E-state index contributed by atoms with van der Waals surface area (Å²) in [6, 6.07) is 21.4. The molecule has 170 valence electrons. The van der Waals surface area contributed by atoms with Gasteiger partial charge in [0.25, 0.3) is 0 Å². The van der Waals surface area contributed by atoms with Crippen LogP contribution in [0.2, 0.25) is 5.02 Å². The van der Waals surface area contributed by atoms with Crippen LogP contribution in [0.1, 0.15) is 28.8 Å². The van der Waals surface area contributed by atoms with Crippen molar-refractivity contribution in [3.8, 4) is 17.2 Å². The third-order valence-corrected chi connectivity index (χ3v) is 6.44. The lowest BCUT2D eigenvalue weighted by molar-refractivity contribution is 0.216. The van der Waals surface area contributed by atoms with Crippen molar-refractivity contribution in [2.24, 2.45) is 0 Å². The molecule has 2 aliphatic heterocycles. The van der Waals surface area contributed by atoms with E-state index in [1.807, 2.05) is 59.3 Å². The molecule has 0 saturated carbocycles. The summed E-state index contributed by atoms with van der Waals surface area (Å²) in [5.74, 6) is 2.62. The number of benzene rings is 3. The number of aromatic nitrogens is 3. The number of para-hydroxylation sites is 1. The Morgan fingerprint density at radius 2 is 1.85 bits per heavy atom. The van der Waals surface area contributed by atoms with Crippen molar-refractivity contribution < 1.29 is 14.2 Å². The van der Waals surface area contributed by atoms with Crippen molar-refractivity contribution in [3.05, 3.63) is 100 Å². The number of nitrogens with one attached hydrogen (secondary N) is 1. The first-order valence-electron chi connectivity index (χ1n) is 10.8. The van der Waals surface area contributed by atoms with Gasteiger partial charge in [0.05, 0.1) is 19.9 Å². The average molecular weight is 473 g/mol. The molecule has 2 atom stereocenters. The molecule has 3 heterocycles. The summed E-state index contributed by atoms with van der Waals surface area (Å²) in [6.07, 6.45) is 1.07. The molecular weight excluding hydrogens is 452 g/mol. The predicted octanol–water partition coefficient (Wildman–Crippen LogP) is 5.51. The first-order valence-corrected chi connectivity index (χ1v) is 11.2. The van der Waals surface area contributed by atoms with Crippen molar-refractivity contribution >= 4 is 23.2 Å². The van der Waals surface area contributed by atoms with E-state index in [-0.39, 0.29) is 6.04 Å². The van der Waals surface area contributed by atoms with Crippen LogP contribution in [0, 0.1) is 0 Å². The Labute approximate surface area is 201 Å². The van der Waals surface area contributed by atoms with Gasteiger partial charge in [-0.2, -0.15) is 10.1 Å². The maximum absolute atomic E-state index is 6.67. The largest absolute Gasteiger partial charge is 0.493 e. The van der Waals surface area contributed by atoms with Crippen LogP contribution in [0.15, 0.2) is 78.6 Å². The predicted molar refractivity (Wildman–Crippen MR) is 130 cm³/mol. The molecule has 0 fully saturated rings. The molecule has 2 aliphatic rings. The molecule has 1 aromatic heterocycles. The molecule has 8 heteroatoms. The molecule has 3 aromatic carbocycles. The number of ether oxygens (including phenoxy) is 3. The van der Waals surface area contributed by atoms with Crippen LogP contribution in [0.5, 0.6) is 17.2 Å². The minimum atomic E-state index is -0.483. The zero-order chi connectivity index (χ0) is 23.2. The van der Waals surface area contributed by atoms with Crippen molar-refractivity contribution in [2.45, 2.75) is 12.1 Å². The highest BCUT2D eigenvalue weighted by atomic mass is 35.5. The van der Waals surface area contributed by atoms with Gasteiger partial charge in [-0.3, -0.25) is 0 Å². The number of nitrogens with zero attached hydrogens (tertiary/aromatic N) is 3. The number of fused-ring (bicyclic) bond motifs is 3.